The lowest BCUT2D eigenvalue weighted by molar-refractivity contribution is 0.0627. The van der Waals surface area contributed by atoms with Crippen LogP contribution in [0.3, 0.4) is 0 Å². The molecule has 0 saturated heterocycles. The van der Waals surface area contributed by atoms with E-state index in [1.54, 1.807) is 13.2 Å². The predicted octanol–water partition coefficient (Wildman–Crippen LogP) is 1.40. The summed E-state index contributed by atoms with van der Waals surface area (Å²) in [6.07, 6.45) is 3.01. The van der Waals surface area contributed by atoms with E-state index in [1.807, 2.05) is 0 Å². The molecule has 2 N–H and O–H groups in total. The Hall–Kier alpha value is -1.48. The first-order valence-corrected chi connectivity index (χ1v) is 8.14. The molecular weight excluding hydrogens is 333 g/mol. The lowest BCUT2D eigenvalue weighted by Gasteiger charge is -2.22. The molecule has 22 heavy (non-hydrogen) atoms. The van der Waals surface area contributed by atoms with Crippen molar-refractivity contribution < 1.29 is 17.9 Å². The van der Waals surface area contributed by atoms with Crippen LogP contribution in [0.5, 0.6) is 0 Å². The van der Waals surface area contributed by atoms with Crippen LogP contribution in [0.4, 0.5) is 4.39 Å². The highest BCUT2D eigenvalue weighted by molar-refractivity contribution is 7.89. The quantitative estimate of drug-likeness (QED) is 0.856. The van der Waals surface area contributed by atoms with E-state index in [9.17, 15) is 17.9 Å². The van der Waals surface area contributed by atoms with Gasteiger partial charge in [0.2, 0.25) is 10.0 Å². The average molecular weight is 348 g/mol. The molecule has 120 valence electrons. The first-order valence-electron chi connectivity index (χ1n) is 6.28. The number of aryl methyl sites for hydroxylation is 1. The van der Waals surface area contributed by atoms with Gasteiger partial charge in [-0.15, -0.1) is 0 Å². The zero-order valence-electron chi connectivity index (χ0n) is 11.9. The summed E-state index contributed by atoms with van der Waals surface area (Å²) in [7, 11) is -2.38. The van der Waals surface area contributed by atoms with Gasteiger partial charge in [-0.25, -0.2) is 17.5 Å². The van der Waals surface area contributed by atoms with Gasteiger partial charge < -0.3 is 5.11 Å². The maximum absolute atomic E-state index is 13.2. The fourth-order valence-electron chi connectivity index (χ4n) is 1.80. The van der Waals surface area contributed by atoms with Gasteiger partial charge in [-0.3, -0.25) is 4.68 Å². The van der Waals surface area contributed by atoms with E-state index in [4.69, 9.17) is 11.6 Å². The number of benzene rings is 1. The van der Waals surface area contributed by atoms with Crippen LogP contribution in [-0.2, 0) is 22.7 Å². The molecule has 2 aromatic rings. The molecule has 0 saturated carbocycles. The Bertz CT molecular complexity index is 790. The van der Waals surface area contributed by atoms with Gasteiger partial charge in [-0.05, 0) is 25.1 Å². The zero-order valence-corrected chi connectivity index (χ0v) is 13.5. The fraction of sp³-hybridized carbons (Fsp3) is 0.308. The number of hydrogen-bond acceptors (Lipinski definition) is 4. The summed E-state index contributed by atoms with van der Waals surface area (Å²) >= 11 is 5.79. The molecule has 0 aliphatic rings. The van der Waals surface area contributed by atoms with E-state index in [0.29, 0.717) is 5.56 Å². The van der Waals surface area contributed by atoms with E-state index < -0.39 is 21.4 Å². The van der Waals surface area contributed by atoms with Crippen LogP contribution < -0.4 is 4.72 Å². The molecule has 2 rings (SSSR count). The third-order valence-corrected chi connectivity index (χ3v) is 5.00. The second-order valence-electron chi connectivity index (χ2n) is 5.08. The van der Waals surface area contributed by atoms with Gasteiger partial charge in [0.25, 0.3) is 0 Å². The monoisotopic (exact) mass is 347 g/mol. The Kier molecular flexibility index (Phi) is 4.57. The van der Waals surface area contributed by atoms with Crippen LogP contribution in [0.2, 0.25) is 5.02 Å². The summed E-state index contributed by atoms with van der Waals surface area (Å²) in [6.45, 7) is 1.13. The highest BCUT2D eigenvalue weighted by atomic mass is 35.5. The van der Waals surface area contributed by atoms with E-state index in [1.165, 1.54) is 17.8 Å². The van der Waals surface area contributed by atoms with Crippen molar-refractivity contribution in [3.05, 3.63) is 47.0 Å². The minimum absolute atomic E-state index is 0.102. The van der Waals surface area contributed by atoms with Crippen LogP contribution in [0.15, 0.2) is 35.5 Å². The van der Waals surface area contributed by atoms with Gasteiger partial charge in [0.15, 0.2) is 0 Å². The van der Waals surface area contributed by atoms with Crippen molar-refractivity contribution in [2.45, 2.75) is 17.4 Å². The van der Waals surface area contributed by atoms with Crippen molar-refractivity contribution in [3.8, 4) is 0 Å². The summed E-state index contributed by atoms with van der Waals surface area (Å²) in [6, 6.07) is 3.04. The molecule has 0 amide bonds. The SMILES string of the molecule is Cn1cc([C@](C)(O)CNS(=O)(=O)c2cc(F)ccc2Cl)cn1. The standard InChI is InChI=1S/C13H15ClFN3O3S/c1-13(19,9-6-16-18(2)7-9)8-17-22(20,21)12-5-10(15)3-4-11(12)14/h3-7,17,19H,8H2,1-2H3/t13-/m1/s1. The molecule has 0 bridgehead atoms. The number of sulfonamides is 1. The minimum atomic E-state index is -4.06. The fourth-order valence-corrected chi connectivity index (χ4v) is 3.44. The summed E-state index contributed by atoms with van der Waals surface area (Å²) in [4.78, 5) is -0.379. The summed E-state index contributed by atoms with van der Waals surface area (Å²) in [5, 5.41) is 14.2. The van der Waals surface area contributed by atoms with Crippen LogP contribution in [-0.4, -0.2) is 29.8 Å². The Morgan fingerprint density at radius 2 is 2.18 bits per heavy atom. The lowest BCUT2D eigenvalue weighted by Crippen LogP contribution is -2.38. The number of aromatic nitrogens is 2. The van der Waals surface area contributed by atoms with E-state index in [2.05, 4.69) is 9.82 Å². The van der Waals surface area contributed by atoms with Gasteiger partial charge in [-0.1, -0.05) is 11.6 Å². The molecule has 1 heterocycles. The molecule has 0 spiro atoms. The Labute approximate surface area is 132 Å². The Morgan fingerprint density at radius 3 is 2.77 bits per heavy atom. The summed E-state index contributed by atoms with van der Waals surface area (Å²) in [5.74, 6) is -0.719. The predicted molar refractivity (Wildman–Crippen MR) is 79.4 cm³/mol. The number of halogens is 2. The first kappa shape index (κ1) is 16.9. The lowest BCUT2D eigenvalue weighted by atomic mass is 10.0. The van der Waals surface area contributed by atoms with Crippen molar-refractivity contribution in [2.24, 2.45) is 7.05 Å². The van der Waals surface area contributed by atoms with Crippen molar-refractivity contribution in [3.63, 3.8) is 0 Å². The van der Waals surface area contributed by atoms with Gasteiger partial charge in [0.1, 0.15) is 16.3 Å². The minimum Gasteiger partial charge on any atom is -0.384 e. The molecule has 0 unspecified atom stereocenters. The van der Waals surface area contributed by atoms with Crippen LogP contribution in [0.25, 0.3) is 0 Å². The molecule has 0 aliphatic heterocycles. The van der Waals surface area contributed by atoms with Crippen LogP contribution in [0.1, 0.15) is 12.5 Å². The van der Waals surface area contributed by atoms with Crippen molar-refractivity contribution in [1.82, 2.24) is 14.5 Å². The Morgan fingerprint density at radius 1 is 1.50 bits per heavy atom. The second-order valence-corrected chi connectivity index (χ2v) is 7.22. The number of hydrogen-bond donors (Lipinski definition) is 2. The van der Waals surface area contributed by atoms with Gasteiger partial charge >= 0.3 is 0 Å². The van der Waals surface area contributed by atoms with Gasteiger partial charge in [-0.2, -0.15) is 5.10 Å². The largest absolute Gasteiger partial charge is 0.384 e. The van der Waals surface area contributed by atoms with Crippen LogP contribution >= 0.6 is 11.6 Å². The highest BCUT2D eigenvalue weighted by Crippen LogP contribution is 2.24. The van der Waals surface area contributed by atoms with Crippen molar-refractivity contribution in [1.29, 1.82) is 0 Å². The molecule has 6 nitrogen and oxygen atoms in total. The summed E-state index contributed by atoms with van der Waals surface area (Å²) < 4.78 is 41.3. The maximum Gasteiger partial charge on any atom is 0.242 e. The molecule has 9 heteroatoms. The molecule has 0 fully saturated rings. The average Bonchev–Trinajstić information content (AvgIpc) is 2.87. The van der Waals surface area contributed by atoms with Gasteiger partial charge in [0.05, 0.1) is 11.2 Å². The third kappa shape index (κ3) is 3.64. The van der Waals surface area contributed by atoms with Crippen molar-refractivity contribution >= 4 is 21.6 Å². The maximum atomic E-state index is 13.2. The molecule has 1 aromatic carbocycles. The normalized spacial score (nSPS) is 14.8. The molecule has 1 aromatic heterocycles. The van der Waals surface area contributed by atoms with Crippen LogP contribution in [0, 0.1) is 5.82 Å². The van der Waals surface area contributed by atoms with Gasteiger partial charge in [0, 0.05) is 25.4 Å². The smallest absolute Gasteiger partial charge is 0.242 e. The van der Waals surface area contributed by atoms with E-state index >= 15 is 0 Å². The first-order chi connectivity index (χ1) is 10.1. The topological polar surface area (TPSA) is 84.2 Å². The second kappa shape index (κ2) is 5.96. The zero-order chi connectivity index (χ0) is 16.5. The summed E-state index contributed by atoms with van der Waals surface area (Å²) in [5.41, 5.74) is -1.02. The van der Waals surface area contributed by atoms with Crippen molar-refractivity contribution in [2.75, 3.05) is 6.54 Å². The Balaban J connectivity index is 2.21. The molecule has 0 aliphatic carbocycles. The van der Waals surface area contributed by atoms with E-state index in [-0.39, 0.29) is 16.5 Å². The third-order valence-electron chi connectivity index (χ3n) is 3.12. The molecule has 0 radical (unpaired) electrons. The number of aliphatic hydroxyl groups is 1. The highest BCUT2D eigenvalue weighted by Gasteiger charge is 2.28. The number of nitrogens with one attached hydrogen (secondary N) is 1. The molecule has 1 atom stereocenters. The van der Waals surface area contributed by atoms with E-state index in [0.717, 1.165) is 18.2 Å². The number of nitrogens with zero attached hydrogens (tertiary/aromatic N) is 2. The number of rotatable bonds is 5. The molecular formula is C13H15ClFN3O3S.